The van der Waals surface area contributed by atoms with Gasteiger partial charge in [-0.05, 0) is 61.9 Å². The SMILES string of the molecule is CCCCN1C(=O)C(CC(C)C)NC(=O)C12CCN(Cc1ccc(-c3cc(C(F)(F)F)ccc3Cl)o1)CC2. The van der Waals surface area contributed by atoms with Crippen molar-refractivity contribution in [1.29, 1.82) is 0 Å². The minimum Gasteiger partial charge on any atom is -0.460 e. The molecule has 1 N–H and O–H groups in total. The van der Waals surface area contributed by atoms with E-state index in [2.05, 4.69) is 17.1 Å². The van der Waals surface area contributed by atoms with Crippen molar-refractivity contribution in [1.82, 2.24) is 15.1 Å². The Morgan fingerprint density at radius 2 is 1.87 bits per heavy atom. The average Bonchev–Trinajstić information content (AvgIpc) is 3.31. The third kappa shape index (κ3) is 5.88. The van der Waals surface area contributed by atoms with Crippen LogP contribution in [0.3, 0.4) is 0 Å². The van der Waals surface area contributed by atoms with E-state index in [0.717, 1.165) is 25.0 Å². The highest BCUT2D eigenvalue weighted by atomic mass is 35.5. The van der Waals surface area contributed by atoms with Crippen LogP contribution in [0.15, 0.2) is 34.7 Å². The molecule has 1 atom stereocenters. The molecule has 1 aromatic carbocycles. The summed E-state index contributed by atoms with van der Waals surface area (Å²) in [6, 6.07) is 6.03. The number of carbonyl (C=O) groups excluding carboxylic acids is 2. The summed E-state index contributed by atoms with van der Waals surface area (Å²) in [5.41, 5.74) is -1.46. The van der Waals surface area contributed by atoms with Gasteiger partial charge >= 0.3 is 6.18 Å². The van der Waals surface area contributed by atoms with Gasteiger partial charge in [0.05, 0.1) is 17.1 Å². The van der Waals surface area contributed by atoms with Crippen molar-refractivity contribution in [3.8, 4) is 11.3 Å². The van der Waals surface area contributed by atoms with Crippen LogP contribution >= 0.6 is 11.6 Å². The van der Waals surface area contributed by atoms with Crippen molar-refractivity contribution >= 4 is 23.4 Å². The number of carbonyl (C=O) groups is 2. The number of halogens is 4. The maximum atomic E-state index is 13.4. The second-order valence-corrected chi connectivity index (χ2v) is 11.2. The number of piperidine rings is 1. The summed E-state index contributed by atoms with van der Waals surface area (Å²) in [6.45, 7) is 8.32. The van der Waals surface area contributed by atoms with Gasteiger partial charge in [-0.3, -0.25) is 14.5 Å². The molecule has 2 aliphatic heterocycles. The van der Waals surface area contributed by atoms with Crippen molar-refractivity contribution in [3.63, 3.8) is 0 Å². The number of alkyl halides is 3. The highest BCUT2D eigenvalue weighted by Gasteiger charge is 2.53. The highest BCUT2D eigenvalue weighted by molar-refractivity contribution is 6.33. The molecule has 2 aromatic rings. The summed E-state index contributed by atoms with van der Waals surface area (Å²) in [7, 11) is 0. The minimum absolute atomic E-state index is 0.00819. The standard InChI is InChI=1S/C28H35ClF3N3O3/c1-4-5-12-35-25(36)23(15-18(2)3)33-26(37)27(35)10-13-34(14-11-27)17-20-7-9-24(38-20)21-16-19(28(30,31)32)6-8-22(21)29/h6-9,16,18,23H,4-5,10-15,17H2,1-3H3,(H,33,37). The Labute approximate surface area is 226 Å². The third-order valence-electron chi connectivity index (χ3n) is 7.53. The first-order valence-electron chi connectivity index (χ1n) is 13.2. The fraction of sp³-hybridized carbons (Fsp3) is 0.571. The average molecular weight is 554 g/mol. The lowest BCUT2D eigenvalue weighted by molar-refractivity contribution is -0.161. The minimum atomic E-state index is -4.48. The molecule has 1 unspecified atom stereocenters. The monoisotopic (exact) mass is 553 g/mol. The fourth-order valence-electron chi connectivity index (χ4n) is 5.44. The van der Waals surface area contributed by atoms with Crippen LogP contribution in [0.4, 0.5) is 13.2 Å². The van der Waals surface area contributed by atoms with Crippen molar-refractivity contribution in [3.05, 3.63) is 46.7 Å². The molecule has 1 spiro atoms. The van der Waals surface area contributed by atoms with E-state index in [1.807, 2.05) is 18.7 Å². The van der Waals surface area contributed by atoms with Gasteiger partial charge < -0.3 is 14.6 Å². The number of furan rings is 1. The zero-order valence-corrected chi connectivity index (χ0v) is 22.8. The molecule has 38 heavy (non-hydrogen) atoms. The summed E-state index contributed by atoms with van der Waals surface area (Å²) in [4.78, 5) is 30.8. The third-order valence-corrected chi connectivity index (χ3v) is 7.86. The van der Waals surface area contributed by atoms with Crippen LogP contribution in [-0.4, -0.2) is 52.8 Å². The summed E-state index contributed by atoms with van der Waals surface area (Å²) >= 11 is 6.17. The van der Waals surface area contributed by atoms with Crippen molar-refractivity contribution in [2.75, 3.05) is 19.6 Å². The molecule has 10 heteroatoms. The predicted octanol–water partition coefficient (Wildman–Crippen LogP) is 6.13. The molecular formula is C28H35ClF3N3O3. The molecule has 0 bridgehead atoms. The maximum absolute atomic E-state index is 13.4. The summed E-state index contributed by atoms with van der Waals surface area (Å²) in [6.07, 6.45) is -1.08. The highest BCUT2D eigenvalue weighted by Crippen LogP contribution is 2.38. The molecule has 6 nitrogen and oxygen atoms in total. The zero-order valence-electron chi connectivity index (χ0n) is 22.0. The van der Waals surface area contributed by atoms with Gasteiger partial charge in [-0.2, -0.15) is 13.2 Å². The Balaban J connectivity index is 1.46. The Kier molecular flexibility index (Phi) is 8.47. The van der Waals surface area contributed by atoms with E-state index < -0.39 is 23.3 Å². The zero-order chi connectivity index (χ0) is 27.7. The molecular weight excluding hydrogens is 519 g/mol. The first-order valence-corrected chi connectivity index (χ1v) is 13.6. The first kappa shape index (κ1) is 28.5. The van der Waals surface area contributed by atoms with E-state index in [-0.39, 0.29) is 34.1 Å². The number of hydrogen-bond donors (Lipinski definition) is 1. The maximum Gasteiger partial charge on any atom is 0.416 e. The van der Waals surface area contributed by atoms with E-state index in [0.29, 0.717) is 51.2 Å². The van der Waals surface area contributed by atoms with Crippen molar-refractivity contribution in [2.24, 2.45) is 5.92 Å². The van der Waals surface area contributed by atoms with Crippen LogP contribution in [-0.2, 0) is 22.3 Å². The normalized spacial score (nSPS) is 20.4. The number of nitrogens with zero attached hydrogens (tertiary/aromatic N) is 2. The van der Waals surface area contributed by atoms with Crippen LogP contribution in [0.1, 0.15) is 64.2 Å². The fourth-order valence-corrected chi connectivity index (χ4v) is 5.65. The number of nitrogens with one attached hydrogen (secondary N) is 1. The van der Waals surface area contributed by atoms with Gasteiger partial charge in [-0.1, -0.05) is 38.8 Å². The molecule has 0 saturated carbocycles. The number of rotatable bonds is 8. The van der Waals surface area contributed by atoms with Gasteiger partial charge in [-0.15, -0.1) is 0 Å². The van der Waals surface area contributed by atoms with Gasteiger partial charge in [-0.25, -0.2) is 0 Å². The largest absolute Gasteiger partial charge is 0.460 e. The van der Waals surface area contributed by atoms with E-state index in [1.54, 1.807) is 12.1 Å². The molecule has 1 aromatic heterocycles. The second kappa shape index (κ2) is 11.3. The Hall–Kier alpha value is -2.52. The number of piperazine rings is 1. The van der Waals surface area contributed by atoms with Gasteiger partial charge in [0.1, 0.15) is 23.1 Å². The van der Waals surface area contributed by atoms with Gasteiger partial charge in [0.2, 0.25) is 11.8 Å². The molecule has 0 aliphatic carbocycles. The summed E-state index contributed by atoms with van der Waals surface area (Å²) < 4.78 is 45.4. The smallest absolute Gasteiger partial charge is 0.416 e. The lowest BCUT2D eigenvalue weighted by atomic mass is 9.80. The quantitative estimate of drug-likeness (QED) is 0.427. The van der Waals surface area contributed by atoms with Crippen molar-refractivity contribution < 1.29 is 27.2 Å². The molecule has 4 rings (SSSR count). The summed E-state index contributed by atoms with van der Waals surface area (Å²) in [5, 5.41) is 3.19. The number of amides is 2. The lowest BCUT2D eigenvalue weighted by Crippen LogP contribution is -2.73. The molecule has 0 radical (unpaired) electrons. The predicted molar refractivity (Wildman–Crippen MR) is 139 cm³/mol. The Morgan fingerprint density at radius 1 is 1.16 bits per heavy atom. The van der Waals surface area contributed by atoms with Gasteiger partial charge in [0.15, 0.2) is 0 Å². The molecule has 2 fully saturated rings. The van der Waals surface area contributed by atoms with Crippen LogP contribution in [0, 0.1) is 5.92 Å². The van der Waals surface area contributed by atoms with Crippen LogP contribution in [0.5, 0.6) is 0 Å². The number of unbranched alkanes of at least 4 members (excludes halogenated alkanes) is 1. The Morgan fingerprint density at radius 3 is 2.50 bits per heavy atom. The van der Waals surface area contributed by atoms with Crippen LogP contribution in [0.2, 0.25) is 5.02 Å². The second-order valence-electron chi connectivity index (χ2n) is 10.8. The molecule has 208 valence electrons. The molecule has 2 aliphatic rings. The van der Waals surface area contributed by atoms with Gasteiger partial charge in [0.25, 0.3) is 0 Å². The number of likely N-dealkylation sites (tertiary alicyclic amines) is 1. The lowest BCUT2D eigenvalue weighted by Gasteiger charge is -2.51. The Bertz CT molecular complexity index is 1160. The van der Waals surface area contributed by atoms with E-state index >= 15 is 0 Å². The van der Waals surface area contributed by atoms with E-state index in [9.17, 15) is 22.8 Å². The van der Waals surface area contributed by atoms with Crippen LogP contribution < -0.4 is 5.32 Å². The van der Waals surface area contributed by atoms with Crippen LogP contribution in [0.25, 0.3) is 11.3 Å². The number of hydrogen-bond acceptors (Lipinski definition) is 4. The summed E-state index contributed by atoms with van der Waals surface area (Å²) in [5.74, 6) is 1.08. The van der Waals surface area contributed by atoms with E-state index in [1.165, 1.54) is 6.07 Å². The number of benzene rings is 1. The topological polar surface area (TPSA) is 65.8 Å². The first-order chi connectivity index (χ1) is 17.9. The molecule has 2 amide bonds. The molecule has 2 saturated heterocycles. The van der Waals surface area contributed by atoms with Gasteiger partial charge in [0, 0.05) is 25.2 Å². The van der Waals surface area contributed by atoms with Crippen molar-refractivity contribution in [2.45, 2.75) is 77.2 Å². The molecule has 3 heterocycles. The van der Waals surface area contributed by atoms with E-state index in [4.69, 9.17) is 16.0 Å².